The highest BCUT2D eigenvalue weighted by Crippen LogP contribution is 2.51. The largest absolute Gasteiger partial charge is 0.493 e. The molecule has 0 radical (unpaired) electrons. The second-order valence-corrected chi connectivity index (χ2v) is 13.5. The number of ether oxygens (including phenoxy) is 5. The topological polar surface area (TPSA) is 101 Å². The second kappa shape index (κ2) is 14.6. The van der Waals surface area contributed by atoms with E-state index in [-0.39, 0.29) is 55.2 Å². The summed E-state index contributed by atoms with van der Waals surface area (Å²) in [4.78, 5) is 26.7. The van der Waals surface area contributed by atoms with Crippen molar-refractivity contribution in [1.82, 2.24) is 0 Å². The summed E-state index contributed by atoms with van der Waals surface area (Å²) >= 11 is 0. The quantitative estimate of drug-likeness (QED) is 0.254. The van der Waals surface area contributed by atoms with E-state index in [0.717, 1.165) is 16.7 Å². The Bertz CT molecular complexity index is 1530. The van der Waals surface area contributed by atoms with Gasteiger partial charge in [0.25, 0.3) is 0 Å². The van der Waals surface area contributed by atoms with Crippen molar-refractivity contribution < 1.29 is 38.4 Å². The molecule has 0 bridgehead atoms. The van der Waals surface area contributed by atoms with E-state index >= 15 is 0 Å². The molecule has 1 N–H and O–H groups in total. The van der Waals surface area contributed by atoms with Gasteiger partial charge in [-0.2, -0.15) is 0 Å². The molecule has 1 saturated heterocycles. The Morgan fingerprint density at radius 3 is 2.43 bits per heavy atom. The van der Waals surface area contributed by atoms with Crippen molar-refractivity contribution in [2.45, 2.75) is 77.5 Å². The zero-order valence-electron chi connectivity index (χ0n) is 28.4. The van der Waals surface area contributed by atoms with Crippen LogP contribution < -0.4 is 9.47 Å². The van der Waals surface area contributed by atoms with Gasteiger partial charge in [-0.1, -0.05) is 67.6 Å². The van der Waals surface area contributed by atoms with Gasteiger partial charge in [-0.05, 0) is 73.4 Å². The van der Waals surface area contributed by atoms with Crippen LogP contribution in [0.1, 0.15) is 51.7 Å². The maximum absolute atomic E-state index is 13.6. The molecule has 3 aliphatic rings. The van der Waals surface area contributed by atoms with Crippen LogP contribution in [0.4, 0.5) is 0 Å². The smallest absolute Gasteiger partial charge is 0.310 e. The normalized spacial score (nSPS) is 30.7. The zero-order chi connectivity index (χ0) is 33.9. The van der Waals surface area contributed by atoms with Crippen LogP contribution in [0.5, 0.6) is 11.5 Å². The molecule has 2 aromatic rings. The van der Waals surface area contributed by atoms with E-state index in [1.54, 1.807) is 39.3 Å². The molecule has 2 aromatic carbocycles. The number of hydrogen-bond acceptors (Lipinski definition) is 8. The third kappa shape index (κ3) is 7.56. The van der Waals surface area contributed by atoms with Crippen LogP contribution in [0.2, 0.25) is 0 Å². The lowest BCUT2D eigenvalue weighted by Gasteiger charge is -2.40. The van der Waals surface area contributed by atoms with Gasteiger partial charge in [0.15, 0.2) is 23.6 Å². The third-order valence-electron chi connectivity index (χ3n) is 9.99. The Morgan fingerprint density at radius 2 is 1.74 bits per heavy atom. The van der Waals surface area contributed by atoms with Crippen LogP contribution in [0.3, 0.4) is 0 Å². The fourth-order valence-electron chi connectivity index (χ4n) is 7.61. The molecule has 0 saturated carbocycles. The third-order valence-corrected chi connectivity index (χ3v) is 9.99. The van der Waals surface area contributed by atoms with Crippen LogP contribution in [-0.2, 0) is 36.6 Å². The predicted molar refractivity (Wildman–Crippen MR) is 179 cm³/mol. The van der Waals surface area contributed by atoms with Crippen molar-refractivity contribution in [1.29, 1.82) is 0 Å². The molecule has 8 atom stereocenters. The van der Waals surface area contributed by atoms with Gasteiger partial charge in [-0.15, -0.1) is 0 Å². The zero-order valence-corrected chi connectivity index (χ0v) is 28.4. The lowest BCUT2D eigenvalue weighted by molar-refractivity contribution is -0.188. The number of rotatable bonds is 9. The molecule has 1 aliphatic heterocycles. The predicted octanol–water partition coefficient (Wildman–Crippen LogP) is 6.20. The molecule has 2 aliphatic carbocycles. The van der Waals surface area contributed by atoms with Gasteiger partial charge in [-0.3, -0.25) is 9.59 Å². The number of ketones is 1. The number of aliphatic hydroxyl groups is 1. The minimum absolute atomic E-state index is 0.0313. The lowest BCUT2D eigenvalue weighted by Crippen LogP contribution is -2.48. The molecular formula is C39H48O8. The Balaban J connectivity index is 1.45. The molecule has 0 amide bonds. The summed E-state index contributed by atoms with van der Waals surface area (Å²) < 4.78 is 29.8. The van der Waals surface area contributed by atoms with E-state index in [9.17, 15) is 14.7 Å². The van der Waals surface area contributed by atoms with E-state index in [4.69, 9.17) is 23.7 Å². The average molecular weight is 645 g/mol. The van der Waals surface area contributed by atoms with Gasteiger partial charge in [0.05, 0.1) is 32.8 Å². The monoisotopic (exact) mass is 644 g/mol. The van der Waals surface area contributed by atoms with E-state index < -0.39 is 23.8 Å². The summed E-state index contributed by atoms with van der Waals surface area (Å²) in [6.07, 6.45) is 4.25. The maximum Gasteiger partial charge on any atom is 0.310 e. The summed E-state index contributed by atoms with van der Waals surface area (Å²) in [6, 6.07) is 15.4. The van der Waals surface area contributed by atoms with E-state index in [0.29, 0.717) is 35.5 Å². The highest BCUT2D eigenvalue weighted by Gasteiger charge is 2.56. The number of hydrogen-bond donors (Lipinski definition) is 1. The summed E-state index contributed by atoms with van der Waals surface area (Å²) in [5, 5.41) is 12.2. The number of fused-ring (bicyclic) bond motifs is 3. The molecule has 1 heterocycles. The molecule has 8 heteroatoms. The number of carbonyl (C=O) groups excluding carboxylic acids is 2. The van der Waals surface area contributed by atoms with Crippen LogP contribution in [-0.4, -0.2) is 61.8 Å². The van der Waals surface area contributed by atoms with E-state index in [2.05, 4.69) is 31.7 Å². The Hall–Kier alpha value is -3.72. The van der Waals surface area contributed by atoms with Crippen LogP contribution in [0.25, 0.3) is 0 Å². The average Bonchev–Trinajstić information content (AvgIpc) is 3.19. The molecular weight excluding hydrogens is 596 g/mol. The molecule has 8 nitrogen and oxygen atoms in total. The molecule has 0 aromatic heterocycles. The number of carbonyl (C=O) groups is 2. The fourth-order valence-corrected chi connectivity index (χ4v) is 7.61. The molecule has 47 heavy (non-hydrogen) atoms. The number of esters is 1. The summed E-state index contributed by atoms with van der Waals surface area (Å²) in [7, 11) is 3.10. The minimum Gasteiger partial charge on any atom is -0.493 e. The highest BCUT2D eigenvalue weighted by molar-refractivity contribution is 6.04. The highest BCUT2D eigenvalue weighted by atomic mass is 16.7. The Morgan fingerprint density at radius 1 is 1.02 bits per heavy atom. The maximum atomic E-state index is 13.6. The van der Waals surface area contributed by atoms with Crippen LogP contribution in [0, 0.1) is 23.7 Å². The number of benzene rings is 2. The fraction of sp³-hybridized carbons (Fsp3) is 0.487. The van der Waals surface area contributed by atoms with Gasteiger partial charge >= 0.3 is 5.97 Å². The first-order valence-electron chi connectivity index (χ1n) is 16.4. The van der Waals surface area contributed by atoms with Gasteiger partial charge < -0.3 is 28.8 Å². The van der Waals surface area contributed by atoms with Crippen LogP contribution in [0.15, 0.2) is 84.0 Å². The molecule has 0 spiro atoms. The standard InChI is InChI=1S/C39H48O8/c1-23(2)33-16-24(3)37-30(26(5)46-36(47-33)20-27-11-9-8-10-12-27)17-29(21-39(42)31(37)15-25(4)38(39)41)22-45-35(40)19-28-13-14-32(43-6)34(18-28)44-7/h8-15,17-18,24,26,30-31,33,36-37,42H,1,16,19-22H2,2-7H3/t24-,26?,30?,31?,33?,36?,37?,39?/m1/s1. The van der Waals surface area contributed by atoms with Crippen molar-refractivity contribution in [2.24, 2.45) is 23.7 Å². The Labute approximate surface area is 278 Å². The van der Waals surface area contributed by atoms with E-state index in [1.165, 1.54) is 0 Å². The van der Waals surface area contributed by atoms with Crippen molar-refractivity contribution in [3.05, 3.63) is 95.1 Å². The van der Waals surface area contributed by atoms with Crippen LogP contribution >= 0.6 is 0 Å². The van der Waals surface area contributed by atoms with Crippen molar-refractivity contribution in [2.75, 3.05) is 20.8 Å². The van der Waals surface area contributed by atoms with Crippen molar-refractivity contribution in [3.8, 4) is 11.5 Å². The SMILES string of the molecule is C=C(C)C1C[C@@H](C)C2C(C=C(COC(=O)Cc3ccc(OC)c(OC)c3)CC3(O)C(=O)C(C)=CC23)C(C)OC(Cc2ccccc2)O1. The first kappa shape index (κ1) is 34.6. The molecule has 7 unspecified atom stereocenters. The second-order valence-electron chi connectivity index (χ2n) is 13.5. The van der Waals surface area contributed by atoms with Gasteiger partial charge in [-0.25, -0.2) is 0 Å². The van der Waals surface area contributed by atoms with Gasteiger partial charge in [0.2, 0.25) is 0 Å². The molecule has 5 rings (SSSR count). The first-order valence-corrected chi connectivity index (χ1v) is 16.4. The van der Waals surface area contributed by atoms with Gasteiger partial charge in [0.1, 0.15) is 12.2 Å². The Kier molecular flexibility index (Phi) is 10.7. The van der Waals surface area contributed by atoms with Crippen molar-refractivity contribution in [3.63, 3.8) is 0 Å². The number of methoxy groups -OCH3 is 2. The number of Topliss-reactive ketones (excluding diaryl/α,β-unsaturated/α-hetero) is 1. The van der Waals surface area contributed by atoms with E-state index in [1.807, 2.05) is 38.1 Å². The first-order chi connectivity index (χ1) is 22.4. The van der Waals surface area contributed by atoms with Gasteiger partial charge in [0, 0.05) is 24.7 Å². The molecule has 1 fully saturated rings. The summed E-state index contributed by atoms with van der Waals surface area (Å²) in [5.74, 6) is -0.336. The minimum atomic E-state index is -1.64. The molecule has 252 valence electrons. The lowest BCUT2D eigenvalue weighted by atomic mass is 9.67. The summed E-state index contributed by atoms with van der Waals surface area (Å²) in [6.45, 7) is 12.1. The summed E-state index contributed by atoms with van der Waals surface area (Å²) in [5.41, 5.74) is 2.33. The van der Waals surface area contributed by atoms with Crippen molar-refractivity contribution >= 4 is 11.8 Å².